The molecule has 6 nitrogen and oxygen atoms in total. The summed E-state index contributed by atoms with van der Waals surface area (Å²) in [5.74, 6) is 0.848. The van der Waals surface area contributed by atoms with Gasteiger partial charge in [-0.1, -0.05) is 0 Å². The molecule has 2 aromatic rings. The molecule has 0 N–H and O–H groups in total. The standard InChI is InChI=1S/C22H27ClN4O2Si/c1-18-24-26(16-20-12-8-6-9-13-20)30(23,28-18,22(3,4)5)27(25-19(2)29-30)17-21-14-10-7-11-15-21/h6-17H,1-5H3/b26-16+,27-17+. The Hall–Kier alpha value is -2.77. The molecule has 0 aliphatic carbocycles. The van der Waals surface area contributed by atoms with Crippen LogP contribution in [-0.4, -0.2) is 39.7 Å². The summed E-state index contributed by atoms with van der Waals surface area (Å²) >= 11 is 7.89. The first-order valence-corrected chi connectivity index (χ1v) is 13.7. The van der Waals surface area contributed by atoms with E-state index in [0.717, 1.165) is 11.1 Å². The second kappa shape index (κ2) is 6.12. The van der Waals surface area contributed by atoms with Gasteiger partial charge in [-0.25, -0.2) is 0 Å². The summed E-state index contributed by atoms with van der Waals surface area (Å²) in [6.45, 7) is 4.14. The Labute approximate surface area is 181 Å². The van der Waals surface area contributed by atoms with E-state index in [2.05, 4.69) is 0 Å². The molecule has 1 spiro atoms. The third-order valence-corrected chi connectivity index (χ3v) is 16.2. The second-order valence-electron chi connectivity index (χ2n) is 8.85. The van der Waals surface area contributed by atoms with Gasteiger partial charge in [0.1, 0.15) is 0 Å². The fourth-order valence-corrected chi connectivity index (χ4v) is 10.9. The Morgan fingerprint density at radius 2 is 1.13 bits per heavy atom. The van der Waals surface area contributed by atoms with Crippen molar-refractivity contribution >= 4 is 42.1 Å². The second-order valence-corrected chi connectivity index (χ2v) is 17.0. The molecule has 2 aromatic carbocycles. The van der Waals surface area contributed by atoms with Crippen molar-refractivity contribution in [3.8, 4) is 0 Å². The quantitative estimate of drug-likeness (QED) is 0.492. The van der Waals surface area contributed by atoms with Crippen LogP contribution in [0.5, 0.6) is 0 Å². The molecule has 0 saturated heterocycles. The van der Waals surface area contributed by atoms with Crippen molar-refractivity contribution in [3.05, 3.63) is 71.8 Å². The van der Waals surface area contributed by atoms with E-state index in [0.29, 0.717) is 11.8 Å². The molecular weight excluding hydrogens is 416 g/mol. The predicted octanol–water partition coefficient (Wildman–Crippen LogP) is 4.86. The van der Waals surface area contributed by atoms with Crippen LogP contribution < -0.4 is 0 Å². The van der Waals surface area contributed by atoms with E-state index in [1.807, 2.05) is 93.9 Å². The van der Waals surface area contributed by atoms with E-state index in [1.54, 1.807) is 22.5 Å². The molecule has 4 rings (SSSR count). The van der Waals surface area contributed by atoms with Gasteiger partial charge in [0.05, 0.1) is 0 Å². The van der Waals surface area contributed by atoms with Crippen LogP contribution in [0.1, 0.15) is 45.7 Å². The third-order valence-electron chi connectivity index (χ3n) is 5.93. The summed E-state index contributed by atoms with van der Waals surface area (Å²) in [5, 5.41) is 8.68. The van der Waals surface area contributed by atoms with Crippen LogP contribution in [-0.2, 0) is 8.85 Å². The first-order chi connectivity index (χ1) is 14.0. The van der Waals surface area contributed by atoms with Crippen LogP contribution in [0, 0.1) is 0 Å². The summed E-state index contributed by atoms with van der Waals surface area (Å²) in [5.41, 5.74) is 1.85. The minimum absolute atomic E-state index is 0.424. The topological polar surface area (TPSA) is 49.2 Å². The van der Waals surface area contributed by atoms with E-state index in [-0.39, 0.29) is 0 Å². The van der Waals surface area contributed by atoms with Crippen molar-refractivity contribution in [2.75, 3.05) is 0 Å². The van der Waals surface area contributed by atoms with Crippen molar-refractivity contribution < 1.29 is 17.6 Å². The fourth-order valence-electron chi connectivity index (χ4n) is 4.20. The minimum atomic E-state index is -5.44. The maximum absolute atomic E-state index is 7.89. The molecule has 0 aromatic heterocycles. The maximum atomic E-state index is 7.89. The van der Waals surface area contributed by atoms with Gasteiger partial charge in [0.25, 0.3) is 0 Å². The van der Waals surface area contributed by atoms with Crippen molar-refractivity contribution in [1.29, 1.82) is 0 Å². The van der Waals surface area contributed by atoms with Crippen LogP contribution in [0.3, 0.4) is 0 Å². The zero-order valence-corrected chi connectivity index (χ0v) is 19.7. The van der Waals surface area contributed by atoms with E-state index in [1.165, 1.54) is 0 Å². The number of halogens is 1. The Bertz CT molecular complexity index is 1070. The molecule has 2 heterocycles. The predicted molar refractivity (Wildman–Crippen MR) is 123 cm³/mol. The van der Waals surface area contributed by atoms with Gasteiger partial charge < -0.3 is 0 Å². The molecule has 0 amide bonds. The number of nitrogens with zero attached hydrogens (tertiary/aromatic N) is 4. The number of hydrazone groups is 2. The zero-order chi connectivity index (χ0) is 21.7. The van der Waals surface area contributed by atoms with Crippen LogP contribution in [0.15, 0.2) is 70.9 Å². The van der Waals surface area contributed by atoms with E-state index >= 15 is 0 Å². The number of hydrogen-bond acceptors (Lipinski definition) is 4. The average Bonchev–Trinajstić information content (AvgIpc) is 3.06. The van der Waals surface area contributed by atoms with Crippen LogP contribution in [0.2, 0.25) is 5.04 Å². The summed E-state index contributed by atoms with van der Waals surface area (Å²) in [6.07, 6.45) is 3.75. The molecule has 0 unspecified atom stereocenters. The van der Waals surface area contributed by atoms with Gasteiger partial charge in [-0.3, -0.25) is 0 Å². The summed E-state index contributed by atoms with van der Waals surface area (Å²) < 4.78 is 16.6. The number of benzene rings is 2. The third kappa shape index (κ3) is 2.42. The van der Waals surface area contributed by atoms with Gasteiger partial charge in [-0.05, 0) is 0 Å². The monoisotopic (exact) mass is 442 g/mol. The summed E-state index contributed by atoms with van der Waals surface area (Å²) in [6, 6.07) is 19.7. The Morgan fingerprint density at radius 1 is 0.767 bits per heavy atom. The first kappa shape index (κ1) is 20.5. The van der Waals surface area contributed by atoms with E-state index in [9.17, 15) is 0 Å². The Morgan fingerprint density at radius 3 is 1.47 bits per heavy atom. The van der Waals surface area contributed by atoms with Crippen molar-refractivity contribution in [2.45, 2.75) is 39.7 Å². The molecule has 30 heavy (non-hydrogen) atoms. The first-order valence-electron chi connectivity index (χ1n) is 9.97. The SMILES string of the molecule is CC1=N/[N+](=C\c2ccccc2)[Si-2]2(Cl)(C(C)(C)C)(O1)OC(C)=N/[N+]2=C\c1ccccc1. The fraction of sp³-hybridized carbons (Fsp3) is 0.273. The van der Waals surface area contributed by atoms with Crippen LogP contribution in [0.4, 0.5) is 0 Å². The molecule has 0 bridgehead atoms. The van der Waals surface area contributed by atoms with Gasteiger partial charge in [-0.15, -0.1) is 0 Å². The van der Waals surface area contributed by atoms with Crippen LogP contribution >= 0.6 is 11.1 Å². The molecule has 8 heteroatoms. The van der Waals surface area contributed by atoms with Gasteiger partial charge in [-0.2, -0.15) is 0 Å². The molecule has 0 saturated carbocycles. The summed E-state index contributed by atoms with van der Waals surface area (Å²) in [7, 11) is 0. The number of hydrogen-bond donors (Lipinski definition) is 0. The van der Waals surface area contributed by atoms with Gasteiger partial charge in [0.15, 0.2) is 0 Å². The molecule has 0 atom stereocenters. The van der Waals surface area contributed by atoms with Crippen molar-refractivity contribution in [1.82, 2.24) is 0 Å². The molecule has 158 valence electrons. The molecular formula is C22H27ClN4O2Si. The normalized spacial score (nSPS) is 26.1. The molecule has 2 aliphatic heterocycles. The molecule has 0 radical (unpaired) electrons. The summed E-state index contributed by atoms with van der Waals surface area (Å²) in [4.78, 5) is 0. The molecule has 0 fully saturated rings. The van der Waals surface area contributed by atoms with Crippen LogP contribution in [0.25, 0.3) is 0 Å². The van der Waals surface area contributed by atoms with E-state index in [4.69, 9.17) is 30.1 Å². The van der Waals surface area contributed by atoms with E-state index < -0.39 is 11.8 Å². The van der Waals surface area contributed by atoms with Gasteiger partial charge in [0.2, 0.25) is 0 Å². The Balaban J connectivity index is 2.11. The average molecular weight is 443 g/mol. The number of rotatable bonds is 2. The molecule has 2 aliphatic rings. The van der Waals surface area contributed by atoms with Crippen molar-refractivity contribution in [2.24, 2.45) is 10.2 Å². The van der Waals surface area contributed by atoms with Gasteiger partial charge >= 0.3 is 181 Å². The Kier molecular flexibility index (Phi) is 4.18. The zero-order valence-electron chi connectivity index (χ0n) is 17.9. The van der Waals surface area contributed by atoms with Gasteiger partial charge in [0, 0.05) is 0 Å². The van der Waals surface area contributed by atoms with Crippen molar-refractivity contribution in [3.63, 3.8) is 0 Å².